The van der Waals surface area contributed by atoms with Crippen molar-refractivity contribution in [3.8, 4) is 9.86 Å². The van der Waals surface area contributed by atoms with Gasteiger partial charge in [0.15, 0.2) is 10.1 Å². The summed E-state index contributed by atoms with van der Waals surface area (Å²) in [4.78, 5) is 0.346. The maximum absolute atomic E-state index is 14.1. The number of benzene rings is 3. The van der Waals surface area contributed by atoms with Crippen LogP contribution in [0, 0.1) is 20.4 Å². The third-order valence-corrected chi connectivity index (χ3v) is 28.9. The number of rotatable bonds is 21. The van der Waals surface area contributed by atoms with Gasteiger partial charge in [-0.3, -0.25) is 0 Å². The summed E-state index contributed by atoms with van der Waals surface area (Å²) in [5, 5.41) is 0. The topological polar surface area (TPSA) is 113 Å². The molecule has 1 unspecified atom stereocenters. The van der Waals surface area contributed by atoms with Gasteiger partial charge in [0.25, 0.3) is 0 Å². The first kappa shape index (κ1) is 50.4. The molecule has 3 rings (SSSR count). The average molecular weight is 1040 g/mol. The molecule has 56 heavy (non-hydrogen) atoms. The van der Waals surface area contributed by atoms with E-state index in [4.69, 9.17) is 22.4 Å². The number of hydrogen-bond acceptors (Lipinski definition) is 7. The second-order valence-electron chi connectivity index (χ2n) is 13.6. The molecular formula is C41H57F3INO7S2Sn. The fourth-order valence-electron chi connectivity index (χ4n) is 6.02. The molecule has 0 aliphatic carbocycles. The molecule has 8 nitrogen and oxygen atoms in total. The largest absolute Gasteiger partial charge is 0.741 e. The van der Waals surface area contributed by atoms with Crippen molar-refractivity contribution < 1.29 is 65.5 Å². The van der Waals surface area contributed by atoms with Gasteiger partial charge in [-0.05, 0) is 6.92 Å². The van der Waals surface area contributed by atoms with Gasteiger partial charge in [0.05, 0.1) is 0 Å². The normalized spacial score (nSPS) is 12.9. The smallest absolute Gasteiger partial charge is 0.485 e. The van der Waals surface area contributed by atoms with Gasteiger partial charge in [-0.2, -0.15) is 13.2 Å². The Morgan fingerprint density at radius 3 is 1.79 bits per heavy atom. The number of hydrogen-bond donors (Lipinski definition) is 0. The molecule has 0 aliphatic heterocycles. The van der Waals surface area contributed by atoms with E-state index in [0.717, 1.165) is 20.3 Å². The molecule has 0 heterocycles. The Labute approximate surface area is 348 Å². The summed E-state index contributed by atoms with van der Waals surface area (Å²) in [5.74, 6) is 3.83. The molecule has 3 aromatic carbocycles. The van der Waals surface area contributed by atoms with Crippen LogP contribution < -0.4 is 21.5 Å². The summed E-state index contributed by atoms with van der Waals surface area (Å²) in [5.41, 5.74) is -2.30. The zero-order valence-electron chi connectivity index (χ0n) is 33.3. The van der Waals surface area contributed by atoms with E-state index in [1.54, 1.807) is 28.9 Å². The SMILES string of the molecule is CCC[CH2][Sn]([C]#CC(CC(OC)OC)c1ccccc1CCN([I+]c1ccccc1)S(=O)(=O)c1ccc(C)cc1)([CH2]CCC)[CH2]CCC.O=S(=O)([O-])C(F)(F)F. The Balaban J connectivity index is 0.00000122. The molecule has 0 spiro atoms. The van der Waals surface area contributed by atoms with Crippen molar-refractivity contribution in [2.75, 3.05) is 20.8 Å². The van der Waals surface area contributed by atoms with Gasteiger partial charge < -0.3 is 4.55 Å². The number of nitrogens with zero attached hydrogens (tertiary/aromatic N) is 1. The van der Waals surface area contributed by atoms with Crippen LogP contribution >= 0.6 is 0 Å². The summed E-state index contributed by atoms with van der Waals surface area (Å²) >= 11 is -3.71. The molecule has 312 valence electrons. The average Bonchev–Trinajstić information content (AvgIpc) is 3.17. The van der Waals surface area contributed by atoms with E-state index in [1.807, 2.05) is 49.4 Å². The number of ether oxygens (including phenoxy) is 2. The molecular weight excluding hydrogens is 985 g/mol. The van der Waals surface area contributed by atoms with Crippen molar-refractivity contribution in [1.29, 1.82) is 0 Å². The third-order valence-electron chi connectivity index (χ3n) is 9.27. The van der Waals surface area contributed by atoms with Gasteiger partial charge in [0.1, 0.15) is 0 Å². The van der Waals surface area contributed by atoms with E-state index in [0.29, 0.717) is 24.3 Å². The first-order valence-electron chi connectivity index (χ1n) is 18.9. The third kappa shape index (κ3) is 16.9. The molecule has 0 amide bonds. The first-order valence-corrected chi connectivity index (χ1v) is 31.3. The number of unbranched alkanes of at least 4 members (excludes halogenated alkanes) is 3. The Hall–Kier alpha value is -1.72. The van der Waals surface area contributed by atoms with Crippen LogP contribution in [0.15, 0.2) is 83.8 Å². The second kappa shape index (κ2) is 25.0. The summed E-state index contributed by atoms with van der Waals surface area (Å²) in [6.07, 6.45) is 8.33. The minimum Gasteiger partial charge on any atom is -0.741 e. The predicted octanol–water partition coefficient (Wildman–Crippen LogP) is 6.64. The second-order valence-corrected chi connectivity index (χ2v) is 32.7. The molecule has 0 fully saturated rings. The molecule has 0 bridgehead atoms. The summed E-state index contributed by atoms with van der Waals surface area (Å²) < 4.78 is 109. The number of aryl methyl sites for hydroxylation is 1. The van der Waals surface area contributed by atoms with Crippen LogP contribution in [0.5, 0.6) is 0 Å². The Bertz CT molecular complexity index is 1850. The maximum atomic E-state index is 14.1. The molecule has 0 saturated carbocycles. The van der Waals surface area contributed by atoms with E-state index in [9.17, 15) is 21.6 Å². The van der Waals surface area contributed by atoms with Crippen molar-refractivity contribution in [2.24, 2.45) is 0 Å². The molecule has 0 radical (unpaired) electrons. The van der Waals surface area contributed by atoms with Crippen LogP contribution in [0.4, 0.5) is 13.2 Å². The van der Waals surface area contributed by atoms with Crippen LogP contribution in [0.3, 0.4) is 0 Å². The zero-order chi connectivity index (χ0) is 41.8. The van der Waals surface area contributed by atoms with Gasteiger partial charge in [-0.25, -0.2) is 8.42 Å². The maximum Gasteiger partial charge on any atom is 0.485 e. The molecule has 0 N–H and O–H groups in total. The van der Waals surface area contributed by atoms with E-state index in [2.05, 4.69) is 54.9 Å². The fourth-order valence-corrected chi connectivity index (χ4v) is 24.4. The van der Waals surface area contributed by atoms with Gasteiger partial charge in [-0.15, -0.1) is 0 Å². The van der Waals surface area contributed by atoms with Crippen LogP contribution in [-0.2, 0) is 36.0 Å². The van der Waals surface area contributed by atoms with Gasteiger partial charge in [0.2, 0.25) is 0 Å². The molecule has 0 saturated heterocycles. The molecule has 15 heteroatoms. The van der Waals surface area contributed by atoms with Crippen LogP contribution in [0.2, 0.25) is 13.3 Å². The van der Waals surface area contributed by atoms with Crippen LogP contribution in [0.1, 0.15) is 88.3 Å². The Morgan fingerprint density at radius 2 is 1.30 bits per heavy atom. The fraction of sp³-hybridized carbons (Fsp3) is 0.512. The van der Waals surface area contributed by atoms with Crippen LogP contribution in [-0.4, -0.2) is 74.8 Å². The summed E-state index contributed by atoms with van der Waals surface area (Å²) in [7, 11) is -6.38. The van der Waals surface area contributed by atoms with E-state index in [1.165, 1.54) is 51.8 Å². The van der Waals surface area contributed by atoms with Gasteiger partial charge >= 0.3 is 296 Å². The van der Waals surface area contributed by atoms with Crippen molar-refractivity contribution in [2.45, 2.75) is 115 Å². The molecule has 0 aliphatic rings. The number of methoxy groups -OCH3 is 2. The molecule has 0 aromatic heterocycles. The molecule has 3 aromatic rings. The van der Waals surface area contributed by atoms with E-state index < -0.39 is 65.5 Å². The van der Waals surface area contributed by atoms with Crippen molar-refractivity contribution >= 4 is 38.5 Å². The first-order chi connectivity index (χ1) is 26.5. The minimum atomic E-state index is -6.09. The number of sulfonamides is 1. The van der Waals surface area contributed by atoms with Crippen molar-refractivity contribution in [1.82, 2.24) is 2.52 Å². The monoisotopic (exact) mass is 1040 g/mol. The zero-order valence-corrected chi connectivity index (χ0v) is 39.9. The predicted molar refractivity (Wildman–Crippen MR) is 214 cm³/mol. The van der Waals surface area contributed by atoms with Crippen molar-refractivity contribution in [3.63, 3.8) is 0 Å². The minimum absolute atomic E-state index is 0.0574. The molecule has 1 atom stereocenters. The van der Waals surface area contributed by atoms with E-state index in [-0.39, 0.29) is 12.2 Å². The van der Waals surface area contributed by atoms with Gasteiger partial charge in [-0.1, -0.05) is 11.6 Å². The number of alkyl halides is 3. The Kier molecular flexibility index (Phi) is 22.5. The Morgan fingerprint density at radius 1 is 0.804 bits per heavy atom. The standard InChI is InChI=1S/C28H30INO4S.3C4H9.CHF3O3S.Sn/c1-5-23(21-28(33-3)34-4)27-14-10-9-11-24(27)19-20-30(29-25-12-7-6-8-13-25)35(31,32)26-17-15-22(2)16-18-26;3*1-3-4-2;2-1(3,4)8(5,6)7;/h6-18,23,28H,19-21H2,2-4H3;3*1,3-4H2,2H3;(H,5,6,7);/q+1;;;;;/p-1. The van der Waals surface area contributed by atoms with Crippen molar-refractivity contribution in [3.05, 3.63) is 99.1 Å². The van der Waals surface area contributed by atoms with E-state index >= 15 is 0 Å². The van der Waals surface area contributed by atoms with Gasteiger partial charge in [0, 0.05) is 0 Å². The summed E-state index contributed by atoms with van der Waals surface area (Å²) in [6, 6.07) is 25.7. The van der Waals surface area contributed by atoms with Crippen LogP contribution in [0.25, 0.3) is 0 Å². The summed E-state index contributed by atoms with van der Waals surface area (Å²) in [6.45, 7) is 9.27. The number of halogens is 4. The quantitative estimate of drug-likeness (QED) is 0.0224.